The molecule has 2 rings (SSSR count). The fraction of sp³-hybridized carbons (Fsp3) is 0.462. The maximum atomic E-state index is 13.9. The third-order valence-corrected chi connectivity index (χ3v) is 11.6. The van der Waals surface area contributed by atoms with Gasteiger partial charge < -0.3 is 15.2 Å². The summed E-state index contributed by atoms with van der Waals surface area (Å²) in [5, 5.41) is 0. The van der Waals surface area contributed by atoms with Crippen LogP contribution in [-0.2, 0) is 39.1 Å². The minimum absolute atomic E-state index is 0.0670. The Kier molecular flexibility index (Phi) is 11.7. The lowest BCUT2D eigenvalue weighted by molar-refractivity contribution is -0.158. The summed E-state index contributed by atoms with van der Waals surface area (Å²) in [7, 11) is -7.48. The molecule has 0 radical (unpaired) electrons. The van der Waals surface area contributed by atoms with Crippen molar-refractivity contribution in [1.29, 1.82) is 0 Å². The van der Waals surface area contributed by atoms with E-state index < -0.39 is 55.3 Å². The molecule has 0 fully saturated rings. The monoisotopic (exact) mass is 632 g/mol. The van der Waals surface area contributed by atoms with Crippen LogP contribution in [0.2, 0.25) is 0 Å². The van der Waals surface area contributed by atoms with Gasteiger partial charge in [-0.3, -0.25) is 9.59 Å². The highest BCUT2D eigenvalue weighted by Gasteiger charge is 2.47. The van der Waals surface area contributed by atoms with Gasteiger partial charge in [0.15, 0.2) is 0 Å². The van der Waals surface area contributed by atoms with E-state index in [1.165, 1.54) is 48.5 Å². The first kappa shape index (κ1) is 34.1. The Morgan fingerprint density at radius 3 is 1.50 bits per heavy atom. The number of ether oxygens (including phenoxy) is 2. The summed E-state index contributed by atoms with van der Waals surface area (Å²) in [6, 6.07) is 11.2. The van der Waals surface area contributed by atoms with Crippen LogP contribution < -0.4 is 5.73 Å². The summed E-state index contributed by atoms with van der Waals surface area (Å²) in [6.07, 6.45) is 0. The third kappa shape index (κ3) is 9.77. The van der Waals surface area contributed by atoms with E-state index in [1.54, 1.807) is 53.7 Å². The van der Waals surface area contributed by atoms with Crippen molar-refractivity contribution in [3.8, 4) is 0 Å². The number of rotatable bonds is 12. The van der Waals surface area contributed by atoms with Crippen LogP contribution in [0.3, 0.4) is 0 Å². The average molecular weight is 633 g/mol. The highest BCUT2D eigenvalue weighted by Crippen LogP contribution is 2.32. The Morgan fingerprint density at radius 2 is 1.10 bits per heavy atom. The van der Waals surface area contributed by atoms with E-state index in [4.69, 9.17) is 15.2 Å². The number of nitrogens with zero attached hydrogens (tertiary/aromatic N) is 1. The van der Waals surface area contributed by atoms with Crippen LogP contribution >= 0.6 is 21.6 Å². The van der Waals surface area contributed by atoms with Gasteiger partial charge in [-0.2, -0.15) is 0 Å². The molecule has 2 aromatic carbocycles. The van der Waals surface area contributed by atoms with E-state index in [9.17, 15) is 26.4 Å². The molecule has 2 N–H and O–H groups in total. The SMILES string of the molecule is CC(C)(C)OC(=O)[C@@H](N)CSSC[C@@H](C(=O)OC(C)(C)C)N(S(=O)(=O)c1ccccc1)S(=O)(=O)c1ccccc1. The van der Waals surface area contributed by atoms with Gasteiger partial charge in [0.1, 0.15) is 23.3 Å². The predicted octanol–water partition coefficient (Wildman–Crippen LogP) is 3.83. The molecular formula is C26H36N2O8S4. The van der Waals surface area contributed by atoms with Gasteiger partial charge in [-0.15, -0.1) is 0 Å². The lowest BCUT2D eigenvalue weighted by Gasteiger charge is -2.31. The summed E-state index contributed by atoms with van der Waals surface area (Å²) in [5.41, 5.74) is 4.17. The Labute approximate surface area is 244 Å². The molecule has 2 atom stereocenters. The number of sulfonamides is 2. The number of hydrogen-bond acceptors (Lipinski definition) is 11. The van der Waals surface area contributed by atoms with Crippen molar-refractivity contribution in [2.75, 3.05) is 11.5 Å². The second-order valence-electron chi connectivity index (χ2n) is 10.6. The zero-order valence-corrected chi connectivity index (χ0v) is 26.5. The van der Waals surface area contributed by atoms with E-state index in [-0.39, 0.29) is 25.0 Å². The Bertz CT molecular complexity index is 1290. The Morgan fingerprint density at radius 1 is 0.725 bits per heavy atom. The normalized spacial score (nSPS) is 14.4. The molecule has 0 bridgehead atoms. The van der Waals surface area contributed by atoms with E-state index in [0.717, 1.165) is 21.6 Å². The van der Waals surface area contributed by atoms with Gasteiger partial charge in [-0.1, -0.05) is 61.7 Å². The number of carbonyl (C=O) groups excluding carboxylic acids is 2. The standard InChI is InChI=1S/C26H36N2O8S4/c1-25(2,3)35-23(29)21(27)17-37-38-18-22(24(30)36-26(4,5)6)28(39(31,32)19-13-9-7-10-14-19)40(33,34)20-15-11-8-12-16-20/h7-16,21-22H,17-18,27H2,1-6H3/t21-,22-/m0/s1. The number of nitrogens with two attached hydrogens (primary N) is 1. The fourth-order valence-corrected chi connectivity index (χ4v) is 9.56. The zero-order valence-electron chi connectivity index (χ0n) is 23.3. The molecule has 40 heavy (non-hydrogen) atoms. The minimum atomic E-state index is -4.77. The third-order valence-electron chi connectivity index (χ3n) is 4.76. The molecule has 2 aromatic rings. The van der Waals surface area contributed by atoms with Gasteiger partial charge in [0, 0.05) is 11.5 Å². The number of hydrogen-bond donors (Lipinski definition) is 1. The van der Waals surface area contributed by atoms with E-state index >= 15 is 0 Å². The molecule has 0 aliphatic carbocycles. The van der Waals surface area contributed by atoms with Crippen molar-refractivity contribution >= 4 is 53.6 Å². The van der Waals surface area contributed by atoms with E-state index in [0.29, 0.717) is 0 Å². The molecule has 14 heteroatoms. The molecular weight excluding hydrogens is 597 g/mol. The van der Waals surface area contributed by atoms with Crippen LogP contribution in [0.15, 0.2) is 70.5 Å². The fourth-order valence-electron chi connectivity index (χ4n) is 3.12. The van der Waals surface area contributed by atoms with Gasteiger partial charge in [-0.25, -0.2) is 16.8 Å². The molecule has 0 saturated carbocycles. The smallest absolute Gasteiger partial charge is 0.327 e. The van der Waals surface area contributed by atoms with Crippen LogP contribution in [0.1, 0.15) is 41.5 Å². The van der Waals surface area contributed by atoms with Gasteiger partial charge in [0.05, 0.1) is 9.79 Å². The zero-order chi connectivity index (χ0) is 30.4. The molecule has 0 spiro atoms. The second-order valence-corrected chi connectivity index (χ2v) is 17.0. The molecule has 0 heterocycles. The number of benzene rings is 2. The molecule has 0 amide bonds. The van der Waals surface area contributed by atoms with Crippen molar-refractivity contribution in [2.24, 2.45) is 5.73 Å². The maximum absolute atomic E-state index is 13.9. The Hall–Kier alpha value is -2.10. The Balaban J connectivity index is 2.49. The number of carbonyl (C=O) groups is 2. The van der Waals surface area contributed by atoms with Crippen LogP contribution in [0.25, 0.3) is 0 Å². The largest absolute Gasteiger partial charge is 0.459 e. The summed E-state index contributed by atoms with van der Waals surface area (Å²) < 4.78 is 66.4. The lowest BCUT2D eigenvalue weighted by atomic mass is 10.2. The maximum Gasteiger partial charge on any atom is 0.327 e. The van der Waals surface area contributed by atoms with Crippen molar-refractivity contribution in [1.82, 2.24) is 3.71 Å². The van der Waals surface area contributed by atoms with Crippen LogP contribution in [0.4, 0.5) is 0 Å². The van der Waals surface area contributed by atoms with E-state index in [1.807, 2.05) is 0 Å². The highest BCUT2D eigenvalue weighted by atomic mass is 33.1. The van der Waals surface area contributed by atoms with Gasteiger partial charge in [0.25, 0.3) is 20.0 Å². The molecule has 0 aromatic heterocycles. The van der Waals surface area contributed by atoms with Crippen LogP contribution in [0, 0.1) is 0 Å². The molecule has 0 aliphatic heterocycles. The topological polar surface area (TPSA) is 150 Å². The van der Waals surface area contributed by atoms with E-state index in [2.05, 4.69) is 0 Å². The number of esters is 2. The van der Waals surface area contributed by atoms with Crippen molar-refractivity contribution in [2.45, 2.75) is 74.6 Å². The lowest BCUT2D eigenvalue weighted by Crippen LogP contribution is -2.51. The molecule has 0 saturated heterocycles. The molecule has 10 nitrogen and oxygen atoms in total. The average Bonchev–Trinajstić information content (AvgIpc) is 2.84. The van der Waals surface area contributed by atoms with Gasteiger partial charge in [-0.05, 0) is 65.8 Å². The van der Waals surface area contributed by atoms with Crippen molar-refractivity contribution < 1.29 is 35.9 Å². The molecule has 222 valence electrons. The van der Waals surface area contributed by atoms with Crippen molar-refractivity contribution in [3.63, 3.8) is 0 Å². The first-order chi connectivity index (χ1) is 18.4. The summed E-state index contributed by atoms with van der Waals surface area (Å²) in [5.74, 6) is -1.92. The highest BCUT2D eigenvalue weighted by molar-refractivity contribution is 8.76. The second kappa shape index (κ2) is 13.7. The summed E-state index contributed by atoms with van der Waals surface area (Å²) >= 11 is 0. The van der Waals surface area contributed by atoms with Crippen molar-refractivity contribution in [3.05, 3.63) is 60.7 Å². The minimum Gasteiger partial charge on any atom is -0.459 e. The molecule has 0 unspecified atom stereocenters. The first-order valence-electron chi connectivity index (χ1n) is 12.2. The van der Waals surface area contributed by atoms with Gasteiger partial charge in [0.2, 0.25) is 0 Å². The van der Waals surface area contributed by atoms with Crippen LogP contribution in [-0.4, -0.2) is 67.3 Å². The molecule has 0 aliphatic rings. The quantitative estimate of drug-likeness (QED) is 0.207. The van der Waals surface area contributed by atoms with Crippen LogP contribution in [0.5, 0.6) is 0 Å². The van der Waals surface area contributed by atoms with Gasteiger partial charge >= 0.3 is 11.9 Å². The summed E-state index contributed by atoms with van der Waals surface area (Å²) in [6.45, 7) is 9.89. The predicted molar refractivity (Wildman–Crippen MR) is 157 cm³/mol. The first-order valence-corrected chi connectivity index (χ1v) is 17.6. The summed E-state index contributed by atoms with van der Waals surface area (Å²) in [4.78, 5) is 25.0.